The summed E-state index contributed by atoms with van der Waals surface area (Å²) in [6.45, 7) is 5.22. The standard InChI is InChI=1S/C15H19FN2O3/c1-4-9-17-13(19)14(20)18-10-15(2,21-3)11-7-5-6-8-12(11)16/h4-8H,1,9-10H2,2-3H3,(H,17,19)(H,18,20). The van der Waals surface area contributed by atoms with Gasteiger partial charge >= 0.3 is 11.8 Å². The Bertz CT molecular complexity index is 533. The van der Waals surface area contributed by atoms with Crippen molar-refractivity contribution in [2.45, 2.75) is 12.5 Å². The van der Waals surface area contributed by atoms with Gasteiger partial charge in [-0.25, -0.2) is 4.39 Å². The van der Waals surface area contributed by atoms with Gasteiger partial charge in [-0.05, 0) is 13.0 Å². The van der Waals surface area contributed by atoms with Crippen LogP contribution in [0.15, 0.2) is 36.9 Å². The molecule has 0 aliphatic rings. The lowest BCUT2D eigenvalue weighted by Gasteiger charge is -2.29. The van der Waals surface area contributed by atoms with E-state index in [9.17, 15) is 14.0 Å². The highest BCUT2D eigenvalue weighted by Gasteiger charge is 2.30. The van der Waals surface area contributed by atoms with Crippen molar-refractivity contribution in [2.75, 3.05) is 20.2 Å². The zero-order chi connectivity index (χ0) is 15.9. The van der Waals surface area contributed by atoms with E-state index in [1.165, 1.54) is 19.3 Å². The molecule has 1 aromatic carbocycles. The second kappa shape index (κ2) is 7.54. The maximum atomic E-state index is 13.8. The quantitative estimate of drug-likeness (QED) is 0.610. The van der Waals surface area contributed by atoms with Gasteiger partial charge in [0.1, 0.15) is 11.4 Å². The molecule has 1 unspecified atom stereocenters. The molecule has 114 valence electrons. The van der Waals surface area contributed by atoms with Crippen molar-refractivity contribution in [3.05, 3.63) is 48.3 Å². The van der Waals surface area contributed by atoms with Crippen LogP contribution in [0.1, 0.15) is 12.5 Å². The van der Waals surface area contributed by atoms with Gasteiger partial charge in [0.2, 0.25) is 0 Å². The highest BCUT2D eigenvalue weighted by molar-refractivity contribution is 6.35. The maximum absolute atomic E-state index is 13.8. The topological polar surface area (TPSA) is 67.4 Å². The Morgan fingerprint density at radius 3 is 2.52 bits per heavy atom. The molecule has 0 aliphatic carbocycles. The molecule has 0 aromatic heterocycles. The van der Waals surface area contributed by atoms with E-state index in [0.29, 0.717) is 5.56 Å². The molecular formula is C15H19FN2O3. The number of carbonyl (C=O) groups is 2. The number of amides is 2. The van der Waals surface area contributed by atoms with Crippen LogP contribution < -0.4 is 10.6 Å². The van der Waals surface area contributed by atoms with Crippen LogP contribution >= 0.6 is 0 Å². The molecule has 5 nitrogen and oxygen atoms in total. The van der Waals surface area contributed by atoms with E-state index in [2.05, 4.69) is 17.2 Å². The van der Waals surface area contributed by atoms with Crippen molar-refractivity contribution in [1.82, 2.24) is 10.6 Å². The molecule has 0 heterocycles. The fraction of sp³-hybridized carbons (Fsp3) is 0.333. The summed E-state index contributed by atoms with van der Waals surface area (Å²) < 4.78 is 19.2. The number of methoxy groups -OCH3 is 1. The molecule has 0 aliphatic heterocycles. The summed E-state index contributed by atoms with van der Waals surface area (Å²) in [7, 11) is 1.41. The Balaban J connectivity index is 2.74. The molecule has 1 rings (SSSR count). The van der Waals surface area contributed by atoms with Gasteiger partial charge in [0.25, 0.3) is 0 Å². The van der Waals surface area contributed by atoms with Gasteiger partial charge in [0, 0.05) is 19.2 Å². The lowest BCUT2D eigenvalue weighted by molar-refractivity contribution is -0.139. The number of rotatable bonds is 6. The highest BCUT2D eigenvalue weighted by Crippen LogP contribution is 2.26. The van der Waals surface area contributed by atoms with Crippen LogP contribution in [-0.2, 0) is 19.9 Å². The second-order valence-corrected chi connectivity index (χ2v) is 4.60. The van der Waals surface area contributed by atoms with Crippen molar-refractivity contribution in [1.29, 1.82) is 0 Å². The van der Waals surface area contributed by atoms with Crippen molar-refractivity contribution in [3.8, 4) is 0 Å². The third-order valence-corrected chi connectivity index (χ3v) is 3.09. The van der Waals surface area contributed by atoms with Crippen molar-refractivity contribution < 1.29 is 18.7 Å². The summed E-state index contributed by atoms with van der Waals surface area (Å²) in [5.41, 5.74) is -0.765. The third kappa shape index (κ3) is 4.39. The minimum atomic E-state index is -1.07. The molecule has 0 fully saturated rings. The molecule has 0 saturated heterocycles. The highest BCUT2D eigenvalue weighted by atomic mass is 19.1. The smallest absolute Gasteiger partial charge is 0.309 e. The fourth-order valence-electron chi connectivity index (χ4n) is 1.74. The summed E-state index contributed by atoms with van der Waals surface area (Å²) >= 11 is 0. The van der Waals surface area contributed by atoms with E-state index < -0.39 is 23.2 Å². The number of hydrogen-bond donors (Lipinski definition) is 2. The Hall–Kier alpha value is -2.21. The van der Waals surface area contributed by atoms with Crippen molar-refractivity contribution in [2.24, 2.45) is 0 Å². The predicted octanol–water partition coefficient (Wildman–Crippen LogP) is 1.11. The molecule has 0 spiro atoms. The SMILES string of the molecule is C=CCNC(=O)C(=O)NCC(C)(OC)c1ccccc1F. The van der Waals surface area contributed by atoms with Crippen LogP contribution in [0.4, 0.5) is 4.39 Å². The summed E-state index contributed by atoms with van der Waals surface area (Å²) in [6.07, 6.45) is 1.46. The van der Waals surface area contributed by atoms with Crippen molar-refractivity contribution >= 4 is 11.8 Å². The third-order valence-electron chi connectivity index (χ3n) is 3.09. The fourth-order valence-corrected chi connectivity index (χ4v) is 1.74. The van der Waals surface area contributed by atoms with Crippen molar-refractivity contribution in [3.63, 3.8) is 0 Å². The summed E-state index contributed by atoms with van der Waals surface area (Å²) in [4.78, 5) is 23.0. The molecule has 2 N–H and O–H groups in total. The van der Waals surface area contributed by atoms with Gasteiger partial charge in [-0.1, -0.05) is 24.3 Å². The normalized spacial score (nSPS) is 13.1. The van der Waals surface area contributed by atoms with Gasteiger partial charge < -0.3 is 15.4 Å². The Labute approximate surface area is 123 Å². The minimum absolute atomic E-state index is 0.0369. The first-order valence-corrected chi connectivity index (χ1v) is 6.41. The zero-order valence-corrected chi connectivity index (χ0v) is 12.1. The molecule has 0 bridgehead atoms. The monoisotopic (exact) mass is 294 g/mol. The van der Waals surface area contributed by atoms with Crippen LogP contribution in [0.2, 0.25) is 0 Å². The van der Waals surface area contributed by atoms with E-state index in [-0.39, 0.29) is 13.1 Å². The number of ether oxygens (including phenoxy) is 1. The Morgan fingerprint density at radius 1 is 1.33 bits per heavy atom. The first-order chi connectivity index (χ1) is 9.94. The average Bonchev–Trinajstić information content (AvgIpc) is 2.50. The lowest BCUT2D eigenvalue weighted by Crippen LogP contribution is -2.46. The molecule has 0 saturated carbocycles. The number of halogens is 1. The predicted molar refractivity (Wildman–Crippen MR) is 77.0 cm³/mol. The first-order valence-electron chi connectivity index (χ1n) is 6.41. The Morgan fingerprint density at radius 2 is 1.95 bits per heavy atom. The second-order valence-electron chi connectivity index (χ2n) is 4.60. The van der Waals surface area contributed by atoms with Gasteiger partial charge in [0.15, 0.2) is 0 Å². The molecule has 6 heteroatoms. The number of hydrogen-bond acceptors (Lipinski definition) is 3. The van der Waals surface area contributed by atoms with E-state index in [0.717, 1.165) is 0 Å². The van der Waals surface area contributed by atoms with Gasteiger partial charge in [-0.3, -0.25) is 9.59 Å². The molecule has 2 amide bonds. The molecule has 21 heavy (non-hydrogen) atoms. The lowest BCUT2D eigenvalue weighted by atomic mass is 9.95. The van der Waals surface area contributed by atoms with E-state index in [1.54, 1.807) is 25.1 Å². The molecule has 1 aromatic rings. The maximum Gasteiger partial charge on any atom is 0.309 e. The summed E-state index contributed by atoms with van der Waals surface area (Å²) in [6, 6.07) is 6.12. The first kappa shape index (κ1) is 16.8. The number of nitrogens with one attached hydrogen (secondary N) is 2. The summed E-state index contributed by atoms with van der Waals surface area (Å²) in [5.74, 6) is -2.02. The summed E-state index contributed by atoms with van der Waals surface area (Å²) in [5, 5.41) is 4.79. The van der Waals surface area contributed by atoms with Gasteiger partial charge in [-0.15, -0.1) is 6.58 Å². The van der Waals surface area contributed by atoms with Crippen LogP contribution in [-0.4, -0.2) is 32.0 Å². The number of benzene rings is 1. The minimum Gasteiger partial charge on any atom is -0.372 e. The zero-order valence-electron chi connectivity index (χ0n) is 12.1. The van der Waals surface area contributed by atoms with Crippen LogP contribution in [0, 0.1) is 5.82 Å². The van der Waals surface area contributed by atoms with Crippen LogP contribution in [0.5, 0.6) is 0 Å². The van der Waals surface area contributed by atoms with Crippen LogP contribution in [0.3, 0.4) is 0 Å². The average molecular weight is 294 g/mol. The molecule has 0 radical (unpaired) electrons. The Kier molecular flexibility index (Phi) is 6.05. The van der Waals surface area contributed by atoms with Crippen LogP contribution in [0.25, 0.3) is 0 Å². The largest absolute Gasteiger partial charge is 0.372 e. The molecular weight excluding hydrogens is 275 g/mol. The number of carbonyl (C=O) groups excluding carboxylic acids is 2. The van der Waals surface area contributed by atoms with E-state index >= 15 is 0 Å². The van der Waals surface area contributed by atoms with Gasteiger partial charge in [0.05, 0.1) is 6.54 Å². The van der Waals surface area contributed by atoms with E-state index in [1.807, 2.05) is 0 Å². The molecule has 1 atom stereocenters. The van der Waals surface area contributed by atoms with E-state index in [4.69, 9.17) is 4.74 Å². The van der Waals surface area contributed by atoms with Gasteiger partial charge in [-0.2, -0.15) is 0 Å².